The molecule has 0 heterocycles. The third-order valence-corrected chi connectivity index (χ3v) is 3.55. The van der Waals surface area contributed by atoms with Gasteiger partial charge in [-0.1, -0.05) is 51.1 Å². The van der Waals surface area contributed by atoms with Gasteiger partial charge in [-0.3, -0.25) is 0 Å². The fourth-order valence-corrected chi connectivity index (χ4v) is 2.45. The van der Waals surface area contributed by atoms with Crippen molar-refractivity contribution in [3.8, 4) is 5.75 Å². The molecule has 0 saturated heterocycles. The molecule has 2 aromatic carbocycles. The molecule has 0 unspecified atom stereocenters. The van der Waals surface area contributed by atoms with Crippen molar-refractivity contribution in [3.63, 3.8) is 0 Å². The smallest absolute Gasteiger partial charge is 0.119 e. The minimum atomic E-state index is -0.0943. The molecule has 3 nitrogen and oxygen atoms in total. The molecule has 0 atom stereocenters. The lowest BCUT2D eigenvalue weighted by atomic mass is 9.84. The van der Waals surface area contributed by atoms with Crippen molar-refractivity contribution in [2.45, 2.75) is 32.6 Å². The van der Waals surface area contributed by atoms with Gasteiger partial charge in [0.2, 0.25) is 0 Å². The summed E-state index contributed by atoms with van der Waals surface area (Å²) in [6.45, 7) is 6.19. The maximum absolute atomic E-state index is 10.0. The Bertz CT molecular complexity index is 615. The lowest BCUT2D eigenvalue weighted by Crippen LogP contribution is -2.12. The van der Waals surface area contributed by atoms with Crippen molar-refractivity contribution in [2.24, 2.45) is 0 Å². The van der Waals surface area contributed by atoms with Crippen molar-refractivity contribution in [2.75, 3.05) is 12.0 Å². The number of benzene rings is 2. The zero-order valence-corrected chi connectivity index (χ0v) is 12.9. The van der Waals surface area contributed by atoms with Gasteiger partial charge in [0.05, 0.1) is 0 Å². The van der Waals surface area contributed by atoms with Crippen LogP contribution in [0.4, 0.5) is 5.69 Å². The van der Waals surface area contributed by atoms with Crippen LogP contribution in [0.25, 0.3) is 0 Å². The summed E-state index contributed by atoms with van der Waals surface area (Å²) in [5.41, 5.74) is 4.06. The van der Waals surface area contributed by atoms with Crippen LogP contribution < -0.4 is 5.32 Å². The Labute approximate surface area is 126 Å². The normalized spacial score (nSPS) is 11.4. The van der Waals surface area contributed by atoms with E-state index in [0.717, 1.165) is 28.8 Å². The summed E-state index contributed by atoms with van der Waals surface area (Å²) in [7, 11) is 0. The van der Waals surface area contributed by atoms with Gasteiger partial charge < -0.3 is 15.5 Å². The fourth-order valence-electron chi connectivity index (χ4n) is 2.45. The molecule has 3 N–H and O–H groups in total. The van der Waals surface area contributed by atoms with Gasteiger partial charge in [0.15, 0.2) is 0 Å². The molecule has 0 amide bonds. The van der Waals surface area contributed by atoms with Crippen LogP contribution in [0.2, 0.25) is 0 Å². The Hall–Kier alpha value is -2.00. The van der Waals surface area contributed by atoms with Crippen LogP contribution in [0.5, 0.6) is 5.75 Å². The van der Waals surface area contributed by atoms with Crippen LogP contribution >= 0.6 is 0 Å². The highest BCUT2D eigenvalue weighted by Gasteiger charge is 2.18. The van der Waals surface area contributed by atoms with Crippen molar-refractivity contribution < 1.29 is 10.2 Å². The molecule has 0 radical (unpaired) electrons. The number of aliphatic hydroxyl groups is 1. The molecular formula is C18H23NO2. The van der Waals surface area contributed by atoms with Gasteiger partial charge in [0.25, 0.3) is 0 Å². The summed E-state index contributed by atoms with van der Waals surface area (Å²) in [4.78, 5) is 0. The molecule has 112 valence electrons. The maximum atomic E-state index is 10.0. The first-order valence-electron chi connectivity index (χ1n) is 7.17. The van der Waals surface area contributed by atoms with E-state index in [1.54, 1.807) is 6.07 Å². The third-order valence-electron chi connectivity index (χ3n) is 3.55. The minimum Gasteiger partial charge on any atom is -0.508 e. The molecule has 0 aromatic heterocycles. The van der Waals surface area contributed by atoms with E-state index in [0.29, 0.717) is 5.75 Å². The molecule has 21 heavy (non-hydrogen) atoms. The fraction of sp³-hybridized carbons (Fsp3) is 0.333. The van der Waals surface area contributed by atoms with E-state index in [9.17, 15) is 5.11 Å². The second-order valence-electron chi connectivity index (χ2n) is 6.27. The zero-order valence-electron chi connectivity index (χ0n) is 12.9. The Morgan fingerprint density at radius 2 is 1.76 bits per heavy atom. The van der Waals surface area contributed by atoms with Gasteiger partial charge in [-0.15, -0.1) is 0 Å². The van der Waals surface area contributed by atoms with Gasteiger partial charge in [0, 0.05) is 5.69 Å². The van der Waals surface area contributed by atoms with Crippen LogP contribution in [0.1, 0.15) is 37.5 Å². The van der Waals surface area contributed by atoms with Gasteiger partial charge in [0.1, 0.15) is 12.5 Å². The lowest BCUT2D eigenvalue weighted by molar-refractivity contribution is 0.325. The first-order chi connectivity index (χ1) is 9.91. The van der Waals surface area contributed by atoms with Crippen molar-refractivity contribution in [1.82, 2.24) is 0 Å². The first-order valence-corrected chi connectivity index (χ1v) is 7.17. The third kappa shape index (κ3) is 3.76. The van der Waals surface area contributed by atoms with E-state index in [-0.39, 0.29) is 12.1 Å². The number of anilines is 1. The second kappa shape index (κ2) is 6.19. The Kier molecular flexibility index (Phi) is 4.53. The largest absolute Gasteiger partial charge is 0.508 e. The van der Waals surface area contributed by atoms with E-state index in [1.165, 1.54) is 0 Å². The Balaban J connectivity index is 2.33. The summed E-state index contributed by atoms with van der Waals surface area (Å²) >= 11 is 0. The van der Waals surface area contributed by atoms with Crippen LogP contribution in [0, 0.1) is 0 Å². The maximum Gasteiger partial charge on any atom is 0.119 e. The second-order valence-corrected chi connectivity index (χ2v) is 6.27. The average molecular weight is 285 g/mol. The monoisotopic (exact) mass is 285 g/mol. The van der Waals surface area contributed by atoms with E-state index in [4.69, 9.17) is 5.11 Å². The van der Waals surface area contributed by atoms with E-state index in [1.807, 2.05) is 30.3 Å². The number of nitrogens with one attached hydrogen (secondary N) is 1. The minimum absolute atomic E-state index is 0.0835. The molecule has 3 heteroatoms. The van der Waals surface area contributed by atoms with Gasteiger partial charge >= 0.3 is 0 Å². The topological polar surface area (TPSA) is 52.5 Å². The predicted octanol–water partition coefficient (Wildman–Crippen LogP) is 3.64. The number of phenols is 1. The van der Waals surface area contributed by atoms with Crippen molar-refractivity contribution in [1.29, 1.82) is 0 Å². The highest BCUT2D eigenvalue weighted by Crippen LogP contribution is 2.32. The van der Waals surface area contributed by atoms with Crippen LogP contribution in [0.15, 0.2) is 42.5 Å². The molecule has 0 saturated carbocycles. The van der Waals surface area contributed by atoms with Crippen molar-refractivity contribution in [3.05, 3.63) is 59.2 Å². The highest BCUT2D eigenvalue weighted by molar-refractivity contribution is 5.53. The van der Waals surface area contributed by atoms with Gasteiger partial charge in [-0.05, 0) is 40.7 Å². The van der Waals surface area contributed by atoms with Gasteiger partial charge in [-0.25, -0.2) is 0 Å². The lowest BCUT2D eigenvalue weighted by Gasteiger charge is -2.21. The summed E-state index contributed by atoms with van der Waals surface area (Å²) in [6, 6.07) is 13.7. The number of para-hydroxylation sites is 1. The molecule has 0 aliphatic rings. The molecule has 0 spiro atoms. The standard InChI is InChI=1S/C18H23NO2/c1-18(2,3)15-11-13(8-9-17(15)21)10-14-6-4-5-7-16(14)19-12-20/h4-9,11,19-21H,10,12H2,1-3H3. The summed E-state index contributed by atoms with van der Waals surface area (Å²) in [5.74, 6) is 0.341. The number of aromatic hydroxyl groups is 1. The number of aliphatic hydroxyl groups excluding tert-OH is 1. The SMILES string of the molecule is CC(C)(C)c1cc(Cc2ccccc2NCO)ccc1O. The number of rotatable bonds is 4. The van der Waals surface area contributed by atoms with Crippen LogP contribution in [-0.4, -0.2) is 16.9 Å². The van der Waals surface area contributed by atoms with E-state index in [2.05, 4.69) is 32.2 Å². The summed E-state index contributed by atoms with van der Waals surface area (Å²) in [5, 5.41) is 22.0. The highest BCUT2D eigenvalue weighted by atomic mass is 16.3. The summed E-state index contributed by atoms with van der Waals surface area (Å²) in [6.07, 6.45) is 0.756. The number of hydrogen-bond donors (Lipinski definition) is 3. The average Bonchev–Trinajstić information content (AvgIpc) is 2.42. The molecular weight excluding hydrogens is 262 g/mol. The molecule has 0 aliphatic carbocycles. The number of phenolic OH excluding ortho intramolecular Hbond substituents is 1. The van der Waals surface area contributed by atoms with E-state index >= 15 is 0 Å². The van der Waals surface area contributed by atoms with Gasteiger partial charge in [-0.2, -0.15) is 0 Å². The molecule has 0 bridgehead atoms. The van der Waals surface area contributed by atoms with E-state index < -0.39 is 0 Å². The molecule has 0 aliphatic heterocycles. The Morgan fingerprint density at radius 1 is 1.05 bits per heavy atom. The molecule has 0 fully saturated rings. The predicted molar refractivity (Wildman–Crippen MR) is 86.8 cm³/mol. The number of hydrogen-bond acceptors (Lipinski definition) is 3. The first kappa shape index (κ1) is 15.4. The quantitative estimate of drug-likeness (QED) is 0.752. The summed E-state index contributed by atoms with van der Waals surface area (Å²) < 4.78 is 0. The molecule has 2 rings (SSSR count). The Morgan fingerprint density at radius 3 is 2.43 bits per heavy atom. The van der Waals surface area contributed by atoms with Crippen LogP contribution in [0.3, 0.4) is 0 Å². The van der Waals surface area contributed by atoms with Crippen LogP contribution in [-0.2, 0) is 11.8 Å². The molecule has 2 aromatic rings. The zero-order chi connectivity index (χ0) is 15.5. The van der Waals surface area contributed by atoms with Crippen molar-refractivity contribution >= 4 is 5.69 Å².